The number of carbonyl (C=O) groups excluding carboxylic acids is 2. The topological polar surface area (TPSA) is 77.7 Å². The second-order valence-corrected chi connectivity index (χ2v) is 7.63. The monoisotopic (exact) mass is 412 g/mol. The fourth-order valence-corrected chi connectivity index (χ4v) is 4.10. The molecule has 1 aromatic carbocycles. The average molecular weight is 412 g/mol. The van der Waals surface area contributed by atoms with Crippen LogP contribution in [0, 0.1) is 0 Å². The highest BCUT2D eigenvalue weighted by Crippen LogP contribution is 2.35. The van der Waals surface area contributed by atoms with Crippen LogP contribution < -0.4 is 14.4 Å². The van der Waals surface area contributed by atoms with Gasteiger partial charge in [-0.05, 0) is 19.1 Å². The highest BCUT2D eigenvalue weighted by molar-refractivity contribution is 6.24. The number of anilines is 1. The fourth-order valence-electron chi connectivity index (χ4n) is 4.10. The summed E-state index contributed by atoms with van der Waals surface area (Å²) >= 11 is 0. The Hall–Kier alpha value is -3.36. The molecule has 0 spiro atoms. The second kappa shape index (κ2) is 7.47. The number of benzene rings is 1. The minimum absolute atomic E-state index is 0.197. The number of methoxy groups -OCH3 is 2. The van der Waals surface area contributed by atoms with E-state index < -0.39 is 6.04 Å². The van der Waals surface area contributed by atoms with Gasteiger partial charge in [0.1, 0.15) is 11.4 Å². The molecule has 1 aromatic rings. The highest BCUT2D eigenvalue weighted by Gasteiger charge is 2.54. The summed E-state index contributed by atoms with van der Waals surface area (Å²) in [6.45, 7) is 7.23. The predicted molar refractivity (Wildman–Crippen MR) is 113 cm³/mol. The van der Waals surface area contributed by atoms with Crippen molar-refractivity contribution in [1.29, 1.82) is 0 Å². The number of imide groups is 1. The number of ether oxygens (including phenoxy) is 2. The van der Waals surface area contributed by atoms with Crippen molar-refractivity contribution < 1.29 is 23.6 Å². The van der Waals surface area contributed by atoms with Crippen LogP contribution in [0.3, 0.4) is 0 Å². The second-order valence-electron chi connectivity index (χ2n) is 7.63. The SMILES string of the molecule is C=C(C)CN1C(=O)C2C(=NC3=[N+]2CCCN3c2cc(OC)ccc2OC)N(C)C1=O. The van der Waals surface area contributed by atoms with Crippen molar-refractivity contribution in [2.75, 3.05) is 45.8 Å². The lowest BCUT2D eigenvalue weighted by molar-refractivity contribution is -0.539. The summed E-state index contributed by atoms with van der Waals surface area (Å²) in [6.07, 6.45) is 0.828. The number of rotatable bonds is 5. The molecule has 0 bridgehead atoms. The lowest BCUT2D eigenvalue weighted by Crippen LogP contribution is -2.63. The fraction of sp³-hybridized carbons (Fsp3) is 0.429. The number of fused-ring (bicyclic) bond motifs is 2. The molecule has 3 aliphatic rings. The van der Waals surface area contributed by atoms with E-state index in [1.165, 1.54) is 9.80 Å². The van der Waals surface area contributed by atoms with Crippen LogP contribution >= 0.6 is 0 Å². The summed E-state index contributed by atoms with van der Waals surface area (Å²) < 4.78 is 12.9. The Balaban J connectivity index is 1.79. The van der Waals surface area contributed by atoms with Crippen LogP contribution in [0.25, 0.3) is 0 Å². The molecule has 9 nitrogen and oxygen atoms in total. The Morgan fingerprint density at radius 3 is 2.73 bits per heavy atom. The van der Waals surface area contributed by atoms with E-state index in [1.807, 2.05) is 27.7 Å². The molecule has 0 aliphatic carbocycles. The summed E-state index contributed by atoms with van der Waals surface area (Å²) in [6, 6.07) is 4.56. The van der Waals surface area contributed by atoms with Gasteiger partial charge in [-0.15, -0.1) is 0 Å². The van der Waals surface area contributed by atoms with E-state index in [9.17, 15) is 9.59 Å². The lowest BCUT2D eigenvalue weighted by Gasteiger charge is -2.34. The Morgan fingerprint density at radius 2 is 2.07 bits per heavy atom. The number of likely N-dealkylation sites (N-methyl/N-ethyl adjacent to an activating group) is 1. The molecule has 3 amide bonds. The van der Waals surface area contributed by atoms with Crippen molar-refractivity contribution in [2.24, 2.45) is 4.99 Å². The predicted octanol–water partition coefficient (Wildman–Crippen LogP) is 1.53. The smallest absolute Gasteiger partial charge is 0.397 e. The van der Waals surface area contributed by atoms with Gasteiger partial charge < -0.3 is 9.47 Å². The first kappa shape index (κ1) is 19.9. The van der Waals surface area contributed by atoms with Crippen LogP contribution in [-0.4, -0.2) is 85.1 Å². The average Bonchev–Trinajstić information content (AvgIpc) is 3.14. The number of hydrogen-bond donors (Lipinski definition) is 0. The van der Waals surface area contributed by atoms with Crippen LogP contribution in [0.4, 0.5) is 10.5 Å². The molecule has 9 heteroatoms. The standard InChI is InChI=1S/C21H26N5O4/c1-13(2)12-26-19(27)17-18(23(3)21(26)28)22-20-24(9-6-10-25(17)20)15-11-14(29-4)7-8-16(15)30-5/h7-8,11,17H,1,6,9-10,12H2,2-5H3/q+1. The molecular weight excluding hydrogens is 386 g/mol. The lowest BCUT2D eigenvalue weighted by atomic mass is 10.1. The van der Waals surface area contributed by atoms with Crippen LogP contribution in [0.5, 0.6) is 11.5 Å². The largest absolute Gasteiger partial charge is 0.497 e. The Kier molecular flexibility index (Phi) is 4.97. The van der Waals surface area contributed by atoms with Gasteiger partial charge in [0, 0.05) is 19.5 Å². The van der Waals surface area contributed by atoms with E-state index in [2.05, 4.69) is 6.58 Å². The molecule has 4 rings (SSSR count). The molecule has 1 unspecified atom stereocenters. The Morgan fingerprint density at radius 1 is 1.30 bits per heavy atom. The van der Waals surface area contributed by atoms with E-state index in [1.54, 1.807) is 28.2 Å². The number of amidine groups is 1. The van der Waals surface area contributed by atoms with Crippen molar-refractivity contribution in [3.8, 4) is 11.5 Å². The maximum absolute atomic E-state index is 13.3. The third-order valence-corrected chi connectivity index (χ3v) is 5.52. The highest BCUT2D eigenvalue weighted by atomic mass is 16.5. The zero-order valence-electron chi connectivity index (χ0n) is 17.7. The van der Waals surface area contributed by atoms with Gasteiger partial charge in [0.05, 0.1) is 33.9 Å². The van der Waals surface area contributed by atoms with Crippen LogP contribution in [0.2, 0.25) is 0 Å². The van der Waals surface area contributed by atoms with Crippen molar-refractivity contribution in [2.45, 2.75) is 19.4 Å². The van der Waals surface area contributed by atoms with Crippen LogP contribution in [-0.2, 0) is 4.79 Å². The van der Waals surface area contributed by atoms with E-state index in [0.717, 1.165) is 17.7 Å². The van der Waals surface area contributed by atoms with Gasteiger partial charge in [0.2, 0.25) is 11.9 Å². The molecule has 0 aromatic heterocycles. The summed E-state index contributed by atoms with van der Waals surface area (Å²) in [5.74, 6) is 2.20. The van der Waals surface area contributed by atoms with E-state index >= 15 is 0 Å². The molecule has 0 saturated carbocycles. The number of nitrogens with zero attached hydrogens (tertiary/aromatic N) is 5. The number of carbonyl (C=O) groups is 2. The van der Waals surface area contributed by atoms with Crippen molar-refractivity contribution in [3.05, 3.63) is 30.4 Å². The molecule has 1 fully saturated rings. The number of aliphatic imine (C=N–C) groups is 1. The summed E-state index contributed by atoms with van der Waals surface area (Å²) in [4.78, 5) is 35.5. The van der Waals surface area contributed by atoms with Crippen LogP contribution in [0.1, 0.15) is 13.3 Å². The van der Waals surface area contributed by atoms with Gasteiger partial charge in [0.15, 0.2) is 5.75 Å². The Bertz CT molecular complexity index is 999. The van der Waals surface area contributed by atoms with Gasteiger partial charge in [0.25, 0.3) is 5.91 Å². The quantitative estimate of drug-likeness (QED) is 0.542. The van der Waals surface area contributed by atoms with E-state index in [0.29, 0.717) is 36.4 Å². The molecule has 3 aliphatic heterocycles. The molecular formula is C21H26N5O4+. The molecule has 0 N–H and O–H groups in total. The van der Waals surface area contributed by atoms with Crippen molar-refractivity contribution >= 4 is 29.4 Å². The van der Waals surface area contributed by atoms with E-state index in [4.69, 9.17) is 14.5 Å². The number of hydrogen-bond acceptors (Lipinski definition) is 6. The maximum Gasteiger partial charge on any atom is 0.397 e. The van der Waals surface area contributed by atoms with Crippen LogP contribution in [0.15, 0.2) is 35.3 Å². The first-order valence-electron chi connectivity index (χ1n) is 9.82. The zero-order chi connectivity index (χ0) is 21.6. The van der Waals surface area contributed by atoms with E-state index in [-0.39, 0.29) is 18.5 Å². The molecule has 158 valence electrons. The summed E-state index contributed by atoms with van der Waals surface area (Å²) in [5, 5.41) is 0. The Labute approximate surface area is 175 Å². The molecule has 1 saturated heterocycles. The third kappa shape index (κ3) is 3.01. The van der Waals surface area contributed by atoms with Crippen molar-refractivity contribution in [3.63, 3.8) is 0 Å². The maximum atomic E-state index is 13.3. The van der Waals surface area contributed by atoms with Gasteiger partial charge in [-0.3, -0.25) is 14.6 Å². The zero-order valence-corrected chi connectivity index (χ0v) is 17.7. The first-order valence-corrected chi connectivity index (χ1v) is 9.82. The minimum atomic E-state index is -0.624. The van der Waals surface area contributed by atoms with Gasteiger partial charge in [-0.1, -0.05) is 17.1 Å². The number of urea groups is 1. The number of guanidine groups is 1. The van der Waals surface area contributed by atoms with Gasteiger partial charge >= 0.3 is 12.0 Å². The molecule has 30 heavy (non-hydrogen) atoms. The normalized spacial score (nSPS) is 20.9. The molecule has 0 radical (unpaired) electrons. The van der Waals surface area contributed by atoms with Gasteiger partial charge in [-0.2, -0.15) is 0 Å². The summed E-state index contributed by atoms with van der Waals surface area (Å²) in [5.41, 5.74) is 1.55. The number of amides is 3. The summed E-state index contributed by atoms with van der Waals surface area (Å²) in [7, 11) is 4.88. The molecule has 1 atom stereocenters. The third-order valence-electron chi connectivity index (χ3n) is 5.52. The first-order chi connectivity index (χ1) is 14.4. The molecule has 3 heterocycles. The minimum Gasteiger partial charge on any atom is -0.497 e. The van der Waals surface area contributed by atoms with Gasteiger partial charge in [-0.25, -0.2) is 14.3 Å². The van der Waals surface area contributed by atoms with Crippen molar-refractivity contribution in [1.82, 2.24) is 9.80 Å².